The third-order valence-corrected chi connectivity index (χ3v) is 6.72. The number of hydrogen-bond acceptors (Lipinski definition) is 5. The smallest absolute Gasteiger partial charge is 0.408 e. The van der Waals surface area contributed by atoms with Crippen molar-refractivity contribution in [3.63, 3.8) is 0 Å². The summed E-state index contributed by atoms with van der Waals surface area (Å²) in [4.78, 5) is 19.9. The minimum absolute atomic E-state index is 0.0343. The van der Waals surface area contributed by atoms with Gasteiger partial charge in [-0.15, -0.1) is 0 Å². The first-order valence-corrected chi connectivity index (χ1v) is 10.7. The first-order valence-electron chi connectivity index (χ1n) is 10.7. The number of nitrogens with zero attached hydrogens (tertiary/aromatic N) is 1. The van der Waals surface area contributed by atoms with Gasteiger partial charge in [-0.2, -0.15) is 0 Å². The highest BCUT2D eigenvalue weighted by molar-refractivity contribution is 6.04. The molecule has 6 nitrogen and oxygen atoms in total. The van der Waals surface area contributed by atoms with E-state index in [1.54, 1.807) is 0 Å². The standard InChI is InChI=1S/C24H27N3O3/c1-15-21(18-8-9-19-20(14-18)29-23(28)25-19)27-30-22(15)26-24(2)12-10-17(11-13-24)16-6-4-3-5-7-16/h3-9,14-15,17,22,26H,10-13H2,1-2H3,(H,25,28)/t15-,17?,22-,24?/m1/s1. The van der Waals surface area contributed by atoms with Crippen molar-refractivity contribution in [1.29, 1.82) is 0 Å². The SMILES string of the molecule is C[C@@H]1C(c2ccc3[nH]c(=O)oc3c2)=NO[C@H]1NC1(C)CCC(c2ccccc2)CC1. The maximum atomic E-state index is 11.4. The number of fused-ring (bicyclic) bond motifs is 1. The first kappa shape index (κ1) is 19.1. The molecule has 156 valence electrons. The van der Waals surface area contributed by atoms with Crippen LogP contribution in [0.25, 0.3) is 11.1 Å². The zero-order valence-corrected chi connectivity index (χ0v) is 17.4. The van der Waals surface area contributed by atoms with Crippen molar-refractivity contribution in [3.05, 3.63) is 70.2 Å². The highest BCUT2D eigenvalue weighted by Crippen LogP contribution is 2.39. The van der Waals surface area contributed by atoms with Crippen LogP contribution in [0.15, 0.2) is 62.9 Å². The molecular weight excluding hydrogens is 378 g/mol. The maximum Gasteiger partial charge on any atom is 0.417 e. The van der Waals surface area contributed by atoms with E-state index >= 15 is 0 Å². The quantitative estimate of drug-likeness (QED) is 0.669. The van der Waals surface area contributed by atoms with Gasteiger partial charge in [0.25, 0.3) is 0 Å². The Morgan fingerprint density at radius 2 is 1.90 bits per heavy atom. The highest BCUT2D eigenvalue weighted by atomic mass is 16.7. The summed E-state index contributed by atoms with van der Waals surface area (Å²) >= 11 is 0. The van der Waals surface area contributed by atoms with Gasteiger partial charge in [-0.1, -0.05) is 48.5 Å². The second kappa shape index (κ2) is 7.43. The molecule has 1 aromatic heterocycles. The van der Waals surface area contributed by atoms with Gasteiger partial charge in [0.2, 0.25) is 0 Å². The van der Waals surface area contributed by atoms with E-state index in [1.807, 2.05) is 18.2 Å². The average molecular weight is 405 g/mol. The number of nitrogens with one attached hydrogen (secondary N) is 2. The Bertz CT molecular complexity index is 1120. The zero-order valence-electron chi connectivity index (χ0n) is 17.4. The summed E-state index contributed by atoms with van der Waals surface area (Å²) in [5.74, 6) is 0.285. The van der Waals surface area contributed by atoms with Crippen LogP contribution in [0.3, 0.4) is 0 Å². The molecule has 3 aromatic rings. The summed E-state index contributed by atoms with van der Waals surface area (Å²) in [5.41, 5.74) is 4.50. The van der Waals surface area contributed by atoms with Crippen molar-refractivity contribution in [2.45, 2.75) is 57.2 Å². The van der Waals surface area contributed by atoms with E-state index < -0.39 is 5.76 Å². The lowest BCUT2D eigenvalue weighted by Crippen LogP contribution is -2.52. The second-order valence-electron chi connectivity index (χ2n) is 8.91. The summed E-state index contributed by atoms with van der Waals surface area (Å²) in [6.07, 6.45) is 4.40. The molecule has 0 bridgehead atoms. The summed E-state index contributed by atoms with van der Waals surface area (Å²) in [5, 5.41) is 8.11. The predicted octanol–water partition coefficient (Wildman–Crippen LogP) is 4.52. The molecule has 0 radical (unpaired) electrons. The fraction of sp³-hybridized carbons (Fsp3) is 0.417. The van der Waals surface area contributed by atoms with Gasteiger partial charge >= 0.3 is 5.76 Å². The van der Waals surface area contributed by atoms with Crippen LogP contribution in [0.1, 0.15) is 56.6 Å². The molecule has 2 atom stereocenters. The van der Waals surface area contributed by atoms with Gasteiger partial charge in [0.05, 0.1) is 17.1 Å². The molecule has 2 heterocycles. The molecular formula is C24H27N3O3. The van der Waals surface area contributed by atoms with E-state index in [9.17, 15) is 4.79 Å². The summed E-state index contributed by atoms with van der Waals surface area (Å²) in [6, 6.07) is 16.5. The van der Waals surface area contributed by atoms with Gasteiger partial charge in [0.1, 0.15) is 0 Å². The van der Waals surface area contributed by atoms with E-state index in [-0.39, 0.29) is 17.7 Å². The van der Waals surface area contributed by atoms with Crippen LogP contribution in [0.4, 0.5) is 0 Å². The van der Waals surface area contributed by atoms with Crippen molar-refractivity contribution in [2.75, 3.05) is 0 Å². The van der Waals surface area contributed by atoms with E-state index in [0.29, 0.717) is 17.0 Å². The summed E-state index contributed by atoms with van der Waals surface area (Å²) in [7, 11) is 0. The second-order valence-corrected chi connectivity index (χ2v) is 8.91. The number of H-pyrrole nitrogens is 1. The van der Waals surface area contributed by atoms with E-state index in [4.69, 9.17) is 9.25 Å². The normalized spacial score (nSPS) is 29.0. The Morgan fingerprint density at radius 1 is 1.13 bits per heavy atom. The van der Waals surface area contributed by atoms with Gasteiger partial charge in [0, 0.05) is 11.1 Å². The molecule has 0 unspecified atom stereocenters. The van der Waals surface area contributed by atoms with Gasteiger partial charge < -0.3 is 9.25 Å². The number of oxime groups is 1. The van der Waals surface area contributed by atoms with Crippen LogP contribution in [0.5, 0.6) is 0 Å². The summed E-state index contributed by atoms with van der Waals surface area (Å²) in [6.45, 7) is 4.42. The Hall–Kier alpha value is -2.86. The number of aromatic amines is 1. The molecule has 2 aromatic carbocycles. The van der Waals surface area contributed by atoms with Gasteiger partial charge in [0.15, 0.2) is 11.8 Å². The number of oxazole rings is 1. The lowest BCUT2D eigenvalue weighted by atomic mass is 9.75. The van der Waals surface area contributed by atoms with Crippen LogP contribution >= 0.6 is 0 Å². The Kier molecular flexibility index (Phi) is 4.74. The Balaban J connectivity index is 1.25. The molecule has 1 aliphatic carbocycles. The van der Waals surface area contributed by atoms with Crippen molar-refractivity contribution >= 4 is 16.8 Å². The van der Waals surface area contributed by atoms with Crippen LogP contribution in [0.2, 0.25) is 0 Å². The number of aromatic nitrogens is 1. The third-order valence-electron chi connectivity index (χ3n) is 6.72. The average Bonchev–Trinajstić information content (AvgIpc) is 3.30. The van der Waals surface area contributed by atoms with Crippen LogP contribution in [-0.2, 0) is 4.84 Å². The molecule has 30 heavy (non-hydrogen) atoms. The molecule has 2 aliphatic rings. The van der Waals surface area contributed by atoms with Crippen LogP contribution in [0, 0.1) is 5.92 Å². The predicted molar refractivity (Wildman–Crippen MR) is 117 cm³/mol. The Labute approximate surface area is 175 Å². The number of benzene rings is 2. The molecule has 0 amide bonds. The molecule has 0 spiro atoms. The topological polar surface area (TPSA) is 79.6 Å². The van der Waals surface area contributed by atoms with Crippen molar-refractivity contribution in [1.82, 2.24) is 10.3 Å². The van der Waals surface area contributed by atoms with Crippen LogP contribution in [-0.4, -0.2) is 22.5 Å². The van der Waals surface area contributed by atoms with Crippen molar-refractivity contribution < 1.29 is 9.25 Å². The monoisotopic (exact) mass is 405 g/mol. The van der Waals surface area contributed by atoms with Crippen molar-refractivity contribution in [2.24, 2.45) is 11.1 Å². The van der Waals surface area contributed by atoms with Gasteiger partial charge in [-0.25, -0.2) is 4.79 Å². The molecule has 1 saturated carbocycles. The maximum absolute atomic E-state index is 11.4. The van der Waals surface area contributed by atoms with Crippen molar-refractivity contribution in [3.8, 4) is 0 Å². The van der Waals surface area contributed by atoms with Crippen LogP contribution < -0.4 is 11.1 Å². The lowest BCUT2D eigenvalue weighted by Gasteiger charge is -2.40. The van der Waals surface area contributed by atoms with E-state index in [2.05, 4.69) is 59.6 Å². The number of hydrogen-bond donors (Lipinski definition) is 2. The lowest BCUT2D eigenvalue weighted by molar-refractivity contribution is 0.00720. The molecule has 6 heteroatoms. The fourth-order valence-electron chi connectivity index (χ4n) is 4.80. The zero-order chi connectivity index (χ0) is 20.7. The number of rotatable bonds is 4. The molecule has 2 N–H and O–H groups in total. The van der Waals surface area contributed by atoms with Gasteiger partial charge in [-0.3, -0.25) is 10.3 Å². The first-order chi connectivity index (χ1) is 14.5. The largest absolute Gasteiger partial charge is 0.417 e. The van der Waals surface area contributed by atoms with E-state index in [0.717, 1.165) is 24.1 Å². The third kappa shape index (κ3) is 3.56. The fourth-order valence-corrected chi connectivity index (χ4v) is 4.80. The minimum atomic E-state index is -0.446. The molecule has 1 fully saturated rings. The highest BCUT2D eigenvalue weighted by Gasteiger charge is 2.39. The minimum Gasteiger partial charge on any atom is -0.408 e. The van der Waals surface area contributed by atoms with E-state index in [1.165, 1.54) is 18.4 Å². The Morgan fingerprint density at radius 3 is 2.67 bits per heavy atom. The molecule has 1 aliphatic heterocycles. The summed E-state index contributed by atoms with van der Waals surface area (Å²) < 4.78 is 5.19. The molecule has 0 saturated heterocycles. The molecule has 5 rings (SSSR count). The van der Waals surface area contributed by atoms with Gasteiger partial charge in [-0.05, 0) is 56.2 Å².